The van der Waals surface area contributed by atoms with Crippen molar-refractivity contribution in [3.8, 4) is 0 Å². The smallest absolute Gasteiger partial charge is 0.0558 e. The lowest BCUT2D eigenvalue weighted by molar-refractivity contribution is 0.0828. The van der Waals surface area contributed by atoms with Gasteiger partial charge in [-0.2, -0.15) is 0 Å². The van der Waals surface area contributed by atoms with Crippen molar-refractivity contribution in [1.29, 1.82) is 0 Å². The van der Waals surface area contributed by atoms with Gasteiger partial charge in [0, 0.05) is 13.2 Å². The van der Waals surface area contributed by atoms with E-state index in [4.69, 9.17) is 4.74 Å². The lowest BCUT2D eigenvalue weighted by Gasteiger charge is -2.36. The van der Waals surface area contributed by atoms with Gasteiger partial charge in [0.1, 0.15) is 0 Å². The molecule has 0 aromatic rings. The molecular weight excluding hydrogens is 222 g/mol. The van der Waals surface area contributed by atoms with E-state index in [0.29, 0.717) is 12.1 Å². The van der Waals surface area contributed by atoms with Crippen LogP contribution >= 0.6 is 0 Å². The lowest BCUT2D eigenvalue weighted by atomic mass is 9.75. The molecule has 0 spiro atoms. The summed E-state index contributed by atoms with van der Waals surface area (Å²) in [7, 11) is 1.83. The van der Waals surface area contributed by atoms with E-state index >= 15 is 0 Å². The molecule has 1 saturated carbocycles. The molecule has 0 amide bonds. The second-order valence-corrected chi connectivity index (χ2v) is 6.04. The summed E-state index contributed by atoms with van der Waals surface area (Å²) in [6, 6.07) is 0.661. The summed E-state index contributed by atoms with van der Waals surface area (Å²) < 4.78 is 5.46. The topological polar surface area (TPSA) is 21.3 Å². The van der Waals surface area contributed by atoms with Crippen LogP contribution in [0.15, 0.2) is 0 Å². The molecule has 1 rings (SSSR count). The van der Waals surface area contributed by atoms with E-state index in [9.17, 15) is 0 Å². The highest BCUT2D eigenvalue weighted by Crippen LogP contribution is 2.34. The van der Waals surface area contributed by atoms with E-state index in [-0.39, 0.29) is 0 Å². The molecule has 4 unspecified atom stereocenters. The first kappa shape index (κ1) is 16.0. The van der Waals surface area contributed by atoms with Crippen LogP contribution in [-0.2, 0) is 4.74 Å². The molecule has 2 heteroatoms. The van der Waals surface area contributed by atoms with Gasteiger partial charge >= 0.3 is 0 Å². The van der Waals surface area contributed by atoms with Crippen LogP contribution in [-0.4, -0.2) is 25.8 Å². The van der Waals surface area contributed by atoms with Gasteiger partial charge in [0.2, 0.25) is 0 Å². The van der Waals surface area contributed by atoms with Gasteiger partial charge in [0.15, 0.2) is 0 Å². The summed E-state index contributed by atoms with van der Waals surface area (Å²) in [6.07, 6.45) is 9.84. The van der Waals surface area contributed by atoms with Crippen molar-refractivity contribution >= 4 is 0 Å². The first-order chi connectivity index (χ1) is 8.71. The fraction of sp³-hybridized carbons (Fsp3) is 1.00. The molecule has 0 heterocycles. The van der Waals surface area contributed by atoms with Crippen molar-refractivity contribution < 1.29 is 4.74 Å². The minimum atomic E-state index is 0.376. The van der Waals surface area contributed by atoms with Crippen molar-refractivity contribution in [3.05, 3.63) is 0 Å². The first-order valence-corrected chi connectivity index (χ1v) is 7.97. The van der Waals surface area contributed by atoms with Crippen LogP contribution in [0.5, 0.6) is 0 Å². The third-order valence-electron chi connectivity index (χ3n) is 4.61. The zero-order chi connectivity index (χ0) is 13.4. The second-order valence-electron chi connectivity index (χ2n) is 6.04. The van der Waals surface area contributed by atoms with Gasteiger partial charge in [-0.25, -0.2) is 0 Å². The molecule has 0 saturated heterocycles. The lowest BCUT2D eigenvalue weighted by Crippen LogP contribution is -2.41. The third kappa shape index (κ3) is 5.27. The summed E-state index contributed by atoms with van der Waals surface area (Å²) in [4.78, 5) is 0. The highest BCUT2D eigenvalue weighted by Gasteiger charge is 2.28. The summed E-state index contributed by atoms with van der Waals surface area (Å²) in [6.45, 7) is 7.94. The van der Waals surface area contributed by atoms with Crippen LogP contribution in [0.1, 0.15) is 65.7 Å². The predicted octanol–water partition coefficient (Wildman–Crippen LogP) is 4.00. The van der Waals surface area contributed by atoms with Gasteiger partial charge in [-0.05, 0) is 51.0 Å². The first-order valence-electron chi connectivity index (χ1n) is 7.97. The standard InChI is InChI=1S/C16H33NO/c1-5-10-17-16(11-13(3)18-4)15-9-7-8-14(6-2)12-15/h13-17H,5-12H2,1-4H3. The molecule has 18 heavy (non-hydrogen) atoms. The van der Waals surface area contributed by atoms with E-state index in [0.717, 1.165) is 24.8 Å². The van der Waals surface area contributed by atoms with Crippen LogP contribution < -0.4 is 5.32 Å². The van der Waals surface area contributed by atoms with E-state index in [1.54, 1.807) is 0 Å². The Bertz CT molecular complexity index is 207. The molecule has 0 aromatic carbocycles. The molecule has 0 radical (unpaired) electrons. The Kier molecular flexibility index (Phi) is 7.92. The average molecular weight is 255 g/mol. The van der Waals surface area contributed by atoms with Gasteiger partial charge in [-0.15, -0.1) is 0 Å². The molecule has 1 aliphatic carbocycles. The molecule has 0 aromatic heterocycles. The van der Waals surface area contributed by atoms with Gasteiger partial charge in [0.25, 0.3) is 0 Å². The molecule has 1 N–H and O–H groups in total. The largest absolute Gasteiger partial charge is 0.382 e. The average Bonchev–Trinajstić information content (AvgIpc) is 2.43. The summed E-state index contributed by atoms with van der Waals surface area (Å²) in [5, 5.41) is 3.77. The van der Waals surface area contributed by atoms with Gasteiger partial charge in [-0.3, -0.25) is 0 Å². The summed E-state index contributed by atoms with van der Waals surface area (Å²) >= 11 is 0. The Morgan fingerprint density at radius 3 is 2.67 bits per heavy atom. The zero-order valence-electron chi connectivity index (χ0n) is 12.9. The predicted molar refractivity (Wildman–Crippen MR) is 78.9 cm³/mol. The maximum absolute atomic E-state index is 5.46. The van der Waals surface area contributed by atoms with Gasteiger partial charge in [0.05, 0.1) is 6.10 Å². The number of methoxy groups -OCH3 is 1. The number of hydrogen-bond acceptors (Lipinski definition) is 2. The van der Waals surface area contributed by atoms with Crippen molar-refractivity contribution in [3.63, 3.8) is 0 Å². The highest BCUT2D eigenvalue weighted by atomic mass is 16.5. The third-order valence-corrected chi connectivity index (χ3v) is 4.61. The van der Waals surface area contributed by atoms with Gasteiger partial charge in [-0.1, -0.05) is 33.1 Å². The minimum Gasteiger partial charge on any atom is -0.382 e. The summed E-state index contributed by atoms with van der Waals surface area (Å²) in [5.41, 5.74) is 0. The van der Waals surface area contributed by atoms with Crippen LogP contribution in [0.4, 0.5) is 0 Å². The molecule has 1 fully saturated rings. The van der Waals surface area contributed by atoms with Crippen LogP contribution in [0.2, 0.25) is 0 Å². The van der Waals surface area contributed by atoms with Crippen LogP contribution in [0, 0.1) is 11.8 Å². The molecule has 4 atom stereocenters. The zero-order valence-corrected chi connectivity index (χ0v) is 12.9. The summed E-state index contributed by atoms with van der Waals surface area (Å²) in [5.74, 6) is 1.83. The van der Waals surface area contributed by atoms with Crippen molar-refractivity contribution in [2.75, 3.05) is 13.7 Å². The Morgan fingerprint density at radius 1 is 1.28 bits per heavy atom. The highest BCUT2D eigenvalue weighted by molar-refractivity contribution is 4.83. The maximum Gasteiger partial charge on any atom is 0.0558 e. The quantitative estimate of drug-likeness (QED) is 0.708. The van der Waals surface area contributed by atoms with Crippen molar-refractivity contribution in [2.45, 2.75) is 77.9 Å². The normalized spacial score (nSPS) is 28.0. The molecule has 108 valence electrons. The van der Waals surface area contributed by atoms with E-state index < -0.39 is 0 Å². The number of nitrogens with one attached hydrogen (secondary N) is 1. The fourth-order valence-corrected chi connectivity index (χ4v) is 3.29. The monoisotopic (exact) mass is 255 g/mol. The van der Waals surface area contributed by atoms with Crippen molar-refractivity contribution in [2.24, 2.45) is 11.8 Å². The Morgan fingerprint density at radius 2 is 2.06 bits per heavy atom. The Balaban J connectivity index is 2.51. The number of rotatable bonds is 8. The van der Waals surface area contributed by atoms with Crippen molar-refractivity contribution in [1.82, 2.24) is 5.32 Å². The molecule has 2 nitrogen and oxygen atoms in total. The van der Waals surface area contributed by atoms with Gasteiger partial charge < -0.3 is 10.1 Å². The van der Waals surface area contributed by atoms with Crippen LogP contribution in [0.3, 0.4) is 0 Å². The van der Waals surface area contributed by atoms with E-state index in [1.165, 1.54) is 38.5 Å². The number of ether oxygens (including phenoxy) is 1. The van der Waals surface area contributed by atoms with E-state index in [2.05, 4.69) is 26.1 Å². The SMILES string of the molecule is CCCNC(CC(C)OC)C1CCCC(CC)C1. The number of hydrogen-bond donors (Lipinski definition) is 1. The minimum absolute atomic E-state index is 0.376. The fourth-order valence-electron chi connectivity index (χ4n) is 3.29. The molecule has 0 bridgehead atoms. The molecule has 1 aliphatic rings. The maximum atomic E-state index is 5.46. The Labute approximate surface area is 114 Å². The van der Waals surface area contributed by atoms with Crippen LogP contribution in [0.25, 0.3) is 0 Å². The molecular formula is C16H33NO. The second kappa shape index (κ2) is 8.92. The van der Waals surface area contributed by atoms with E-state index in [1.807, 2.05) is 7.11 Å². The Hall–Kier alpha value is -0.0800. The molecule has 0 aliphatic heterocycles.